The van der Waals surface area contributed by atoms with Gasteiger partial charge in [-0.3, -0.25) is 19.8 Å². The van der Waals surface area contributed by atoms with Crippen LogP contribution in [0.3, 0.4) is 0 Å². The van der Waals surface area contributed by atoms with Crippen molar-refractivity contribution >= 4 is 46.6 Å². The quantitative estimate of drug-likeness (QED) is 0.460. The van der Waals surface area contributed by atoms with Crippen LogP contribution in [0.25, 0.3) is 6.08 Å². The molecule has 6 heteroatoms. The van der Waals surface area contributed by atoms with Gasteiger partial charge in [0.05, 0.1) is 5.69 Å². The Morgan fingerprint density at radius 3 is 2.10 bits per heavy atom. The first kappa shape index (κ1) is 20.3. The molecule has 30 heavy (non-hydrogen) atoms. The molecule has 2 aliphatic rings. The monoisotopic (exact) mass is 419 g/mol. The minimum absolute atomic E-state index is 0.0756. The molecule has 154 valence electrons. The maximum absolute atomic E-state index is 13.1. The third-order valence-electron chi connectivity index (χ3n) is 5.57. The van der Waals surface area contributed by atoms with E-state index in [1.807, 2.05) is 43.3 Å². The second kappa shape index (κ2) is 8.79. The van der Waals surface area contributed by atoms with Gasteiger partial charge in [0.2, 0.25) is 0 Å². The Morgan fingerprint density at radius 1 is 0.867 bits per heavy atom. The fraction of sp³-hybridized carbons (Fsp3) is 0.292. The summed E-state index contributed by atoms with van der Waals surface area (Å²) < 4.78 is 0. The summed E-state index contributed by atoms with van der Waals surface area (Å²) in [7, 11) is 0. The molecule has 0 radical (unpaired) electrons. The van der Waals surface area contributed by atoms with Crippen molar-refractivity contribution in [1.29, 1.82) is 0 Å². The van der Waals surface area contributed by atoms with Crippen LogP contribution in [-0.4, -0.2) is 30.0 Å². The highest BCUT2D eigenvalue weighted by Crippen LogP contribution is 2.24. The molecule has 0 spiro atoms. The van der Waals surface area contributed by atoms with Crippen molar-refractivity contribution in [3.63, 3.8) is 0 Å². The molecule has 5 nitrogen and oxygen atoms in total. The SMILES string of the molecule is Cc1ccc(N2C(=O)C(=Cc3ccc(N4CCCCCC4)cc3)C(=O)NC2=S)cc1. The molecule has 0 atom stereocenters. The summed E-state index contributed by atoms with van der Waals surface area (Å²) in [6.45, 7) is 4.12. The molecule has 2 saturated heterocycles. The summed E-state index contributed by atoms with van der Waals surface area (Å²) in [6, 6.07) is 15.5. The Bertz CT molecular complexity index is 988. The zero-order chi connectivity index (χ0) is 21.1. The van der Waals surface area contributed by atoms with Crippen LogP contribution in [0, 0.1) is 6.92 Å². The fourth-order valence-electron chi connectivity index (χ4n) is 3.86. The van der Waals surface area contributed by atoms with Gasteiger partial charge in [-0.15, -0.1) is 0 Å². The van der Waals surface area contributed by atoms with Crippen LogP contribution >= 0.6 is 12.2 Å². The highest BCUT2D eigenvalue weighted by atomic mass is 32.1. The van der Waals surface area contributed by atoms with E-state index in [0.717, 1.165) is 24.2 Å². The Labute approximate surface area is 182 Å². The number of amides is 2. The number of hydrogen-bond acceptors (Lipinski definition) is 4. The molecular weight excluding hydrogens is 394 g/mol. The van der Waals surface area contributed by atoms with Crippen molar-refractivity contribution in [2.75, 3.05) is 22.9 Å². The van der Waals surface area contributed by atoms with Crippen molar-refractivity contribution in [3.05, 3.63) is 65.2 Å². The number of aryl methyl sites for hydroxylation is 1. The number of rotatable bonds is 3. The Hall–Kier alpha value is -2.99. The van der Waals surface area contributed by atoms with Crippen LogP contribution in [0.2, 0.25) is 0 Å². The van der Waals surface area contributed by atoms with Crippen molar-refractivity contribution in [3.8, 4) is 0 Å². The van der Waals surface area contributed by atoms with E-state index >= 15 is 0 Å². The van der Waals surface area contributed by atoms with Gasteiger partial charge in [0.25, 0.3) is 11.8 Å². The zero-order valence-corrected chi connectivity index (χ0v) is 17.9. The van der Waals surface area contributed by atoms with Gasteiger partial charge in [-0.25, -0.2) is 0 Å². The lowest BCUT2D eigenvalue weighted by molar-refractivity contribution is -0.122. The molecule has 0 bridgehead atoms. The summed E-state index contributed by atoms with van der Waals surface area (Å²) in [5.41, 5.74) is 3.79. The number of hydrogen-bond donors (Lipinski definition) is 1. The van der Waals surface area contributed by atoms with Gasteiger partial charge in [0, 0.05) is 18.8 Å². The Morgan fingerprint density at radius 2 is 1.47 bits per heavy atom. The first-order valence-electron chi connectivity index (χ1n) is 10.4. The average Bonchev–Trinajstić information content (AvgIpc) is 3.02. The Kier molecular flexibility index (Phi) is 5.95. The summed E-state index contributed by atoms with van der Waals surface area (Å²) in [5, 5.41) is 2.73. The highest BCUT2D eigenvalue weighted by molar-refractivity contribution is 7.80. The molecule has 2 heterocycles. The number of benzene rings is 2. The molecule has 0 saturated carbocycles. The number of carbonyl (C=O) groups excluding carboxylic acids is 2. The predicted octanol–water partition coefficient (Wildman–Crippen LogP) is 4.21. The number of anilines is 2. The first-order chi connectivity index (χ1) is 14.5. The molecule has 0 aromatic heterocycles. The van der Waals surface area contributed by atoms with Crippen LogP contribution in [0.1, 0.15) is 36.8 Å². The van der Waals surface area contributed by atoms with Gasteiger partial charge >= 0.3 is 0 Å². The topological polar surface area (TPSA) is 52.7 Å². The Balaban J connectivity index is 1.58. The van der Waals surface area contributed by atoms with Gasteiger partial charge in [0.1, 0.15) is 5.57 Å². The van der Waals surface area contributed by atoms with Crippen LogP contribution < -0.4 is 15.1 Å². The second-order valence-electron chi connectivity index (χ2n) is 7.79. The van der Waals surface area contributed by atoms with E-state index in [-0.39, 0.29) is 10.7 Å². The maximum Gasteiger partial charge on any atom is 0.270 e. The largest absolute Gasteiger partial charge is 0.372 e. The smallest absolute Gasteiger partial charge is 0.270 e. The van der Waals surface area contributed by atoms with Crippen molar-refractivity contribution in [2.24, 2.45) is 0 Å². The van der Waals surface area contributed by atoms with Gasteiger partial charge in [-0.05, 0) is 67.9 Å². The fourth-order valence-corrected chi connectivity index (χ4v) is 4.14. The van der Waals surface area contributed by atoms with Crippen molar-refractivity contribution in [2.45, 2.75) is 32.6 Å². The minimum atomic E-state index is -0.468. The van der Waals surface area contributed by atoms with Crippen LogP contribution in [0.4, 0.5) is 11.4 Å². The summed E-state index contributed by atoms with van der Waals surface area (Å²) in [5.74, 6) is -0.880. The summed E-state index contributed by atoms with van der Waals surface area (Å²) in [4.78, 5) is 29.3. The van der Waals surface area contributed by atoms with Crippen LogP contribution in [0.5, 0.6) is 0 Å². The third-order valence-corrected chi connectivity index (χ3v) is 5.85. The van der Waals surface area contributed by atoms with Gasteiger partial charge in [-0.2, -0.15) is 0 Å². The number of carbonyl (C=O) groups is 2. The summed E-state index contributed by atoms with van der Waals surface area (Å²) >= 11 is 5.25. The predicted molar refractivity (Wildman–Crippen MR) is 125 cm³/mol. The molecule has 2 amide bonds. The van der Waals surface area contributed by atoms with Crippen LogP contribution in [-0.2, 0) is 9.59 Å². The summed E-state index contributed by atoms with van der Waals surface area (Å²) in [6.07, 6.45) is 6.64. The van der Waals surface area contributed by atoms with Gasteiger partial charge in [0.15, 0.2) is 5.11 Å². The van der Waals surface area contributed by atoms with E-state index in [0.29, 0.717) is 5.69 Å². The van der Waals surface area contributed by atoms with E-state index in [9.17, 15) is 9.59 Å². The molecule has 1 N–H and O–H groups in total. The van der Waals surface area contributed by atoms with E-state index < -0.39 is 11.8 Å². The molecule has 2 fully saturated rings. The minimum Gasteiger partial charge on any atom is -0.372 e. The number of nitrogens with one attached hydrogen (secondary N) is 1. The first-order valence-corrected chi connectivity index (χ1v) is 10.8. The van der Waals surface area contributed by atoms with E-state index in [1.54, 1.807) is 6.08 Å². The van der Waals surface area contributed by atoms with E-state index in [1.165, 1.54) is 36.3 Å². The lowest BCUT2D eigenvalue weighted by Gasteiger charge is -2.29. The lowest BCUT2D eigenvalue weighted by Crippen LogP contribution is -2.54. The molecule has 2 aliphatic heterocycles. The van der Waals surface area contributed by atoms with Crippen LogP contribution in [0.15, 0.2) is 54.1 Å². The van der Waals surface area contributed by atoms with Crippen molar-refractivity contribution < 1.29 is 9.59 Å². The van der Waals surface area contributed by atoms with Gasteiger partial charge in [-0.1, -0.05) is 42.7 Å². The lowest BCUT2D eigenvalue weighted by atomic mass is 10.1. The van der Waals surface area contributed by atoms with E-state index in [2.05, 4.69) is 22.3 Å². The molecule has 0 unspecified atom stereocenters. The molecule has 4 rings (SSSR count). The molecule has 2 aromatic carbocycles. The molecule has 0 aliphatic carbocycles. The van der Waals surface area contributed by atoms with Gasteiger partial charge < -0.3 is 4.90 Å². The second-order valence-corrected chi connectivity index (χ2v) is 8.17. The molecular formula is C24H25N3O2S. The average molecular weight is 420 g/mol. The van der Waals surface area contributed by atoms with Crippen molar-refractivity contribution in [1.82, 2.24) is 5.32 Å². The normalized spacial score (nSPS) is 19.1. The zero-order valence-electron chi connectivity index (χ0n) is 17.1. The standard InChI is InChI=1S/C24H25N3O2S/c1-17-6-10-20(11-7-17)27-23(29)21(22(28)25-24(27)30)16-18-8-12-19(13-9-18)26-14-4-2-3-5-15-26/h6-13,16H,2-5,14-15H2,1H3,(H,25,28,30). The maximum atomic E-state index is 13.1. The number of nitrogens with zero attached hydrogens (tertiary/aromatic N) is 2. The third kappa shape index (κ3) is 4.28. The van der Waals surface area contributed by atoms with E-state index in [4.69, 9.17) is 12.2 Å². The highest BCUT2D eigenvalue weighted by Gasteiger charge is 2.34. The molecule has 2 aromatic rings. The number of thiocarbonyl (C=S) groups is 1.